The molecule has 3 aromatic rings. The van der Waals surface area contributed by atoms with Gasteiger partial charge in [0.15, 0.2) is 5.82 Å². The van der Waals surface area contributed by atoms with Gasteiger partial charge in [-0.25, -0.2) is 0 Å². The maximum Gasteiger partial charge on any atom is 0.248 e. The van der Waals surface area contributed by atoms with Crippen molar-refractivity contribution in [3.05, 3.63) is 75.6 Å². The van der Waals surface area contributed by atoms with E-state index < -0.39 is 17.2 Å². The number of quaternary nitrogens is 1. The van der Waals surface area contributed by atoms with Crippen LogP contribution in [-0.4, -0.2) is 39.0 Å². The second-order valence-electron chi connectivity index (χ2n) is 7.22. The van der Waals surface area contributed by atoms with E-state index in [9.17, 15) is 9.59 Å². The van der Waals surface area contributed by atoms with Gasteiger partial charge in [-0.3, -0.25) is 9.59 Å². The Bertz CT molecular complexity index is 1030. The van der Waals surface area contributed by atoms with Gasteiger partial charge in [-0.2, -0.15) is 5.21 Å². The van der Waals surface area contributed by atoms with Gasteiger partial charge in [0.25, 0.3) is 0 Å². The summed E-state index contributed by atoms with van der Waals surface area (Å²) in [4.78, 5) is 23.5. The van der Waals surface area contributed by atoms with Gasteiger partial charge in [0.2, 0.25) is 11.8 Å². The number of nitrogens with zero attached hydrogens (tertiary/aromatic N) is 3. The molecule has 0 radical (unpaired) electrons. The van der Waals surface area contributed by atoms with Crippen molar-refractivity contribution in [2.24, 2.45) is 11.5 Å². The van der Waals surface area contributed by atoms with E-state index in [0.29, 0.717) is 42.8 Å². The summed E-state index contributed by atoms with van der Waals surface area (Å²) in [5.41, 5.74) is 19.2. The van der Waals surface area contributed by atoms with Crippen molar-refractivity contribution < 1.29 is 15.3 Å². The summed E-state index contributed by atoms with van der Waals surface area (Å²) >= 11 is 0. The highest BCUT2D eigenvalue weighted by Gasteiger charge is 2.44. The fourth-order valence-electron chi connectivity index (χ4n) is 4.38. The van der Waals surface area contributed by atoms with Crippen LogP contribution in [0.3, 0.4) is 0 Å². The third-order valence-corrected chi connectivity index (χ3v) is 5.64. The lowest BCUT2D eigenvalue weighted by atomic mass is 9.69. The second-order valence-corrected chi connectivity index (χ2v) is 7.22. The van der Waals surface area contributed by atoms with Crippen molar-refractivity contribution in [3.63, 3.8) is 0 Å². The zero-order chi connectivity index (χ0) is 20.6. The highest BCUT2D eigenvalue weighted by atomic mass is 16.1. The molecule has 0 fully saturated rings. The second kappa shape index (κ2) is 7.10. The summed E-state index contributed by atoms with van der Waals surface area (Å²) in [7, 11) is 0. The highest BCUT2D eigenvalue weighted by molar-refractivity contribution is 5.94. The molecule has 1 heterocycles. The number of hydrogen-bond acceptors (Lipinski definition) is 5. The summed E-state index contributed by atoms with van der Waals surface area (Å²) in [5, 5.41) is 15.0. The molecular weight excluding hydrogens is 370 g/mol. The van der Waals surface area contributed by atoms with Gasteiger partial charge in [0.05, 0.1) is 12.0 Å². The van der Waals surface area contributed by atoms with Crippen molar-refractivity contribution in [1.29, 1.82) is 0 Å². The van der Waals surface area contributed by atoms with Gasteiger partial charge in [-0.05, 0) is 59.4 Å². The fraction of sp³-hybridized carbons (Fsp3) is 0.250. The van der Waals surface area contributed by atoms with E-state index in [1.165, 1.54) is 0 Å². The van der Waals surface area contributed by atoms with Crippen LogP contribution in [0.5, 0.6) is 0 Å². The molecule has 1 aromatic heterocycles. The SMILES string of the molecule is NC(=O)c1ccc2c(c1)CCc1cc(C(N)=O)ccc1C2(CC[NH3+])c1nn[nH]n1. The number of H-pyrrole nitrogens is 1. The summed E-state index contributed by atoms with van der Waals surface area (Å²) in [6, 6.07) is 10.9. The number of fused-ring (bicyclic) bond motifs is 2. The van der Waals surface area contributed by atoms with Crippen LogP contribution in [0.4, 0.5) is 0 Å². The Balaban J connectivity index is 2.05. The third kappa shape index (κ3) is 2.95. The summed E-state index contributed by atoms with van der Waals surface area (Å²) < 4.78 is 0. The Morgan fingerprint density at radius 1 is 1.00 bits per heavy atom. The average molecular weight is 392 g/mol. The lowest BCUT2D eigenvalue weighted by Gasteiger charge is -2.33. The van der Waals surface area contributed by atoms with Gasteiger partial charge < -0.3 is 17.2 Å². The molecular formula is C20H22N7O2+. The molecule has 1 aliphatic rings. The molecule has 0 spiro atoms. The number of carbonyl (C=O) groups is 2. The monoisotopic (exact) mass is 392 g/mol. The third-order valence-electron chi connectivity index (χ3n) is 5.64. The first-order valence-corrected chi connectivity index (χ1v) is 9.37. The van der Waals surface area contributed by atoms with Crippen molar-refractivity contribution in [1.82, 2.24) is 20.6 Å². The molecule has 29 heavy (non-hydrogen) atoms. The number of carbonyl (C=O) groups excluding carboxylic acids is 2. The maximum atomic E-state index is 11.7. The van der Waals surface area contributed by atoms with Gasteiger partial charge in [-0.15, -0.1) is 10.2 Å². The van der Waals surface area contributed by atoms with Crippen LogP contribution in [0.15, 0.2) is 36.4 Å². The van der Waals surface area contributed by atoms with Gasteiger partial charge >= 0.3 is 0 Å². The number of nitrogens with two attached hydrogens (primary N) is 2. The molecule has 9 nitrogen and oxygen atoms in total. The molecule has 148 valence electrons. The largest absolute Gasteiger partial charge is 0.366 e. The lowest BCUT2D eigenvalue weighted by Crippen LogP contribution is -2.53. The van der Waals surface area contributed by atoms with Crippen molar-refractivity contribution in [2.45, 2.75) is 24.7 Å². The van der Waals surface area contributed by atoms with Crippen LogP contribution in [0.1, 0.15) is 55.2 Å². The van der Waals surface area contributed by atoms with Crippen LogP contribution in [0, 0.1) is 0 Å². The van der Waals surface area contributed by atoms with Crippen molar-refractivity contribution >= 4 is 11.8 Å². The van der Waals surface area contributed by atoms with E-state index >= 15 is 0 Å². The highest BCUT2D eigenvalue weighted by Crippen LogP contribution is 2.45. The number of rotatable bonds is 5. The topological polar surface area (TPSA) is 168 Å². The van der Waals surface area contributed by atoms with Crippen LogP contribution in [-0.2, 0) is 18.3 Å². The number of aryl methyl sites for hydroxylation is 2. The van der Waals surface area contributed by atoms with Crippen LogP contribution in [0.25, 0.3) is 0 Å². The summed E-state index contributed by atoms with van der Waals surface area (Å²) in [5.74, 6) is -0.440. The first-order chi connectivity index (χ1) is 14.0. The minimum absolute atomic E-state index is 0.448. The van der Waals surface area contributed by atoms with E-state index in [-0.39, 0.29) is 0 Å². The van der Waals surface area contributed by atoms with Crippen LogP contribution >= 0.6 is 0 Å². The standard InChI is InChI=1S/C20H21N7O2/c21-8-7-20(19-24-26-27-25-19)15-5-3-13(17(22)28)9-11(15)1-2-12-10-14(18(23)29)4-6-16(12)20/h3-6,9-10H,1-2,7-8,21H2,(H2,22,28)(H2,23,29)(H,24,25,26,27)/p+1. The molecule has 0 saturated carbocycles. The number of aromatic amines is 1. The predicted octanol–water partition coefficient (Wildman–Crippen LogP) is -0.537. The number of hydrogen-bond donors (Lipinski definition) is 4. The molecule has 8 N–H and O–H groups in total. The Morgan fingerprint density at radius 2 is 1.55 bits per heavy atom. The van der Waals surface area contributed by atoms with Gasteiger partial charge in [-0.1, -0.05) is 17.3 Å². The molecule has 0 aliphatic heterocycles. The minimum atomic E-state index is -0.720. The number of primary amides is 2. The van der Waals surface area contributed by atoms with Crippen LogP contribution < -0.4 is 17.2 Å². The Kier molecular flexibility index (Phi) is 4.59. The van der Waals surface area contributed by atoms with E-state index in [1.807, 2.05) is 24.3 Å². The van der Waals surface area contributed by atoms with Gasteiger partial charge in [0.1, 0.15) is 0 Å². The molecule has 4 rings (SSSR count). The fourth-order valence-corrected chi connectivity index (χ4v) is 4.38. The number of benzene rings is 2. The molecule has 9 heteroatoms. The first-order valence-electron chi connectivity index (χ1n) is 9.37. The Morgan fingerprint density at radius 3 is 1.97 bits per heavy atom. The summed E-state index contributed by atoms with van der Waals surface area (Å²) in [6.45, 7) is 0.614. The molecule has 0 bridgehead atoms. The zero-order valence-corrected chi connectivity index (χ0v) is 15.8. The molecule has 1 aliphatic carbocycles. The number of amides is 2. The van der Waals surface area contributed by atoms with E-state index in [0.717, 1.165) is 22.3 Å². The Labute approximate surface area is 166 Å². The summed E-state index contributed by atoms with van der Waals surface area (Å²) in [6.07, 6.45) is 1.96. The minimum Gasteiger partial charge on any atom is -0.366 e. The molecule has 0 atom stereocenters. The van der Waals surface area contributed by atoms with Gasteiger partial charge in [0, 0.05) is 17.5 Å². The maximum absolute atomic E-state index is 11.7. The van der Waals surface area contributed by atoms with E-state index in [1.54, 1.807) is 12.1 Å². The average Bonchev–Trinajstić information content (AvgIpc) is 3.21. The van der Waals surface area contributed by atoms with Crippen molar-refractivity contribution in [2.75, 3.05) is 6.54 Å². The zero-order valence-electron chi connectivity index (χ0n) is 15.8. The normalized spacial score (nSPS) is 14.5. The smallest absolute Gasteiger partial charge is 0.248 e. The van der Waals surface area contributed by atoms with E-state index in [4.69, 9.17) is 11.5 Å². The first kappa shape index (κ1) is 18.8. The number of aromatic nitrogens is 4. The Hall–Kier alpha value is -3.59. The molecule has 2 aromatic carbocycles. The molecule has 0 saturated heterocycles. The van der Waals surface area contributed by atoms with Crippen LogP contribution in [0.2, 0.25) is 0 Å². The predicted molar refractivity (Wildman–Crippen MR) is 104 cm³/mol. The quantitative estimate of drug-likeness (QED) is 0.456. The lowest BCUT2D eigenvalue weighted by molar-refractivity contribution is -0.370. The van der Waals surface area contributed by atoms with E-state index in [2.05, 4.69) is 26.4 Å². The molecule has 0 unspecified atom stereocenters. The molecule has 2 amide bonds. The van der Waals surface area contributed by atoms with Crippen molar-refractivity contribution in [3.8, 4) is 0 Å². The number of nitrogens with one attached hydrogen (secondary N) is 1. The number of tetrazole rings is 1.